The topological polar surface area (TPSA) is 38.5 Å². The normalized spacial score (nSPS) is 13.2. The molecule has 0 radical (unpaired) electrons. The summed E-state index contributed by atoms with van der Waals surface area (Å²) in [5, 5.41) is 4.71. The third kappa shape index (κ3) is 5.84. The average molecular weight is 968 g/mol. The summed E-state index contributed by atoms with van der Waals surface area (Å²) in [5.41, 5.74) is 13.4. The van der Waals surface area contributed by atoms with Crippen LogP contribution in [-0.2, 0) is 26.5 Å². The van der Waals surface area contributed by atoms with Crippen LogP contribution in [0, 0.1) is 18.8 Å². The number of hydrogen-bond acceptors (Lipinski definition) is 4. The van der Waals surface area contributed by atoms with Gasteiger partial charge in [0.2, 0.25) is 0 Å². The van der Waals surface area contributed by atoms with Crippen molar-refractivity contribution in [3.8, 4) is 45.3 Å². The van der Waals surface area contributed by atoms with Crippen LogP contribution < -0.4 is 14.5 Å². The third-order valence-corrected chi connectivity index (χ3v) is 12.0. The second-order valence-corrected chi connectivity index (χ2v) is 16.6. The molecule has 0 N–H and O–H groups in total. The Morgan fingerprint density at radius 1 is 0.590 bits per heavy atom. The summed E-state index contributed by atoms with van der Waals surface area (Å²) in [7, 11) is 0. The minimum atomic E-state index is -0.0714. The number of rotatable bonds is 5. The number of ether oxygens (including phenoxy) is 1. The van der Waals surface area contributed by atoms with Crippen molar-refractivity contribution in [3.05, 3.63) is 195 Å². The second-order valence-electron chi connectivity index (χ2n) is 16.6. The number of pyridine rings is 1. The fourth-order valence-corrected chi connectivity index (χ4v) is 9.20. The molecule has 61 heavy (non-hydrogen) atoms. The molecule has 0 spiro atoms. The first-order chi connectivity index (χ1) is 29.4. The van der Waals surface area contributed by atoms with Crippen LogP contribution in [0.5, 0.6) is 11.5 Å². The van der Waals surface area contributed by atoms with E-state index in [0.717, 1.165) is 44.7 Å². The third-order valence-electron chi connectivity index (χ3n) is 12.0. The van der Waals surface area contributed by atoms with Gasteiger partial charge in [-0.2, -0.15) is 12.1 Å². The van der Waals surface area contributed by atoms with Crippen molar-refractivity contribution in [2.24, 2.45) is 0 Å². The van der Waals surface area contributed by atoms with E-state index in [-0.39, 0.29) is 26.5 Å². The number of anilines is 2. The summed E-state index contributed by atoms with van der Waals surface area (Å²) in [4.78, 5) is 9.17. The number of fused-ring (bicyclic) bond motifs is 12. The molecule has 7 heteroatoms. The average Bonchev–Trinajstić information content (AvgIpc) is 3.97. The molecule has 0 aliphatic carbocycles. The van der Waals surface area contributed by atoms with Crippen LogP contribution in [0.25, 0.3) is 77.4 Å². The van der Waals surface area contributed by atoms with Crippen LogP contribution in [0.3, 0.4) is 0 Å². The number of aromatic nitrogens is 3. The van der Waals surface area contributed by atoms with Crippen molar-refractivity contribution in [1.29, 1.82) is 0 Å². The minimum absolute atomic E-state index is 0. The monoisotopic (exact) mass is 967 g/mol. The maximum atomic E-state index is 6.64. The van der Waals surface area contributed by atoms with Gasteiger partial charge >= 0.3 is 0 Å². The van der Waals surface area contributed by atoms with Gasteiger partial charge in [-0.15, -0.1) is 48.1 Å². The smallest absolute Gasteiger partial charge is 0.135 e. The molecule has 12 rings (SSSR count). The van der Waals surface area contributed by atoms with Crippen molar-refractivity contribution in [2.45, 2.75) is 26.2 Å². The molecule has 0 bridgehead atoms. The molecule has 0 amide bonds. The first-order valence-electron chi connectivity index (χ1n) is 20.4. The Morgan fingerprint density at radius 3 is 2.20 bits per heavy atom. The predicted molar refractivity (Wildman–Crippen MR) is 245 cm³/mol. The van der Waals surface area contributed by atoms with E-state index in [1.807, 2.05) is 72.6 Å². The van der Waals surface area contributed by atoms with Gasteiger partial charge in [-0.05, 0) is 82.4 Å². The van der Waals surface area contributed by atoms with Gasteiger partial charge in [0.05, 0.1) is 16.7 Å². The Hall–Kier alpha value is -6.88. The summed E-state index contributed by atoms with van der Waals surface area (Å²) in [5.74, 6) is 2.03. The zero-order chi connectivity index (χ0) is 40.1. The van der Waals surface area contributed by atoms with E-state index >= 15 is 0 Å². The van der Waals surface area contributed by atoms with E-state index in [2.05, 4.69) is 156 Å². The number of para-hydroxylation sites is 3. The Bertz CT molecular complexity index is 3390. The molecule has 0 unspecified atom stereocenters. The van der Waals surface area contributed by atoms with Crippen LogP contribution >= 0.6 is 0 Å². The molecule has 0 saturated heterocycles. The van der Waals surface area contributed by atoms with E-state index in [4.69, 9.17) is 9.72 Å². The van der Waals surface area contributed by atoms with Crippen LogP contribution in [-0.4, -0.2) is 14.1 Å². The fraction of sp³-hybridized carbons (Fsp3) is 0.0741. The molecule has 10 aromatic rings. The Kier molecular flexibility index (Phi) is 8.59. The van der Waals surface area contributed by atoms with Gasteiger partial charge in [0.25, 0.3) is 0 Å². The van der Waals surface area contributed by atoms with Crippen molar-refractivity contribution in [1.82, 2.24) is 14.1 Å². The van der Waals surface area contributed by atoms with Crippen molar-refractivity contribution in [3.63, 3.8) is 0 Å². The van der Waals surface area contributed by atoms with Gasteiger partial charge in [0.15, 0.2) is 0 Å². The van der Waals surface area contributed by atoms with Crippen molar-refractivity contribution in [2.75, 3.05) is 9.80 Å². The summed E-state index contributed by atoms with van der Waals surface area (Å²) in [6.07, 6.45) is 5.99. The van der Waals surface area contributed by atoms with Crippen LogP contribution in [0.1, 0.15) is 26.3 Å². The Labute approximate surface area is 368 Å². The number of hydrogen-bond donors (Lipinski definition) is 0. The van der Waals surface area contributed by atoms with Gasteiger partial charge in [-0.1, -0.05) is 105 Å². The van der Waals surface area contributed by atoms with Crippen LogP contribution in [0.15, 0.2) is 170 Å². The molecule has 298 valence electrons. The predicted octanol–water partition coefficient (Wildman–Crippen LogP) is 13.5. The van der Waals surface area contributed by atoms with E-state index in [1.165, 1.54) is 49.6 Å². The summed E-state index contributed by atoms with van der Waals surface area (Å²) < 4.78 is 11.4. The molecule has 5 heterocycles. The largest absolute Gasteiger partial charge is 0.509 e. The Morgan fingerprint density at radius 2 is 1.33 bits per heavy atom. The van der Waals surface area contributed by atoms with E-state index < -0.39 is 0 Å². The first kappa shape index (κ1) is 37.1. The fourth-order valence-electron chi connectivity index (χ4n) is 9.20. The number of benzene rings is 7. The molecule has 0 fully saturated rings. The molecule has 2 aliphatic heterocycles. The van der Waals surface area contributed by atoms with E-state index in [9.17, 15) is 0 Å². The van der Waals surface area contributed by atoms with Gasteiger partial charge in [-0.25, -0.2) is 4.98 Å². The molecular formula is C54H38N5OPt-3. The van der Waals surface area contributed by atoms with Gasteiger partial charge < -0.3 is 23.7 Å². The maximum absolute atomic E-state index is 6.64. The second kappa shape index (κ2) is 14.1. The summed E-state index contributed by atoms with van der Waals surface area (Å²) in [6.45, 7) is 8.77. The summed E-state index contributed by atoms with van der Waals surface area (Å²) in [6, 6.07) is 61.0. The molecule has 3 aromatic heterocycles. The molecule has 7 aromatic carbocycles. The van der Waals surface area contributed by atoms with E-state index in [1.54, 1.807) is 0 Å². The van der Waals surface area contributed by atoms with Gasteiger partial charge in [0, 0.05) is 71.9 Å². The number of nitrogens with zero attached hydrogens (tertiary/aromatic N) is 5. The van der Waals surface area contributed by atoms with E-state index in [0.29, 0.717) is 11.5 Å². The van der Waals surface area contributed by atoms with Crippen LogP contribution in [0.4, 0.5) is 11.4 Å². The first-order valence-corrected chi connectivity index (χ1v) is 20.4. The van der Waals surface area contributed by atoms with Crippen molar-refractivity contribution >= 4 is 55.0 Å². The molecule has 0 atom stereocenters. The maximum Gasteiger partial charge on any atom is 0.135 e. The van der Waals surface area contributed by atoms with Gasteiger partial charge in [0.1, 0.15) is 5.82 Å². The minimum Gasteiger partial charge on any atom is -0.509 e. The zero-order valence-corrected chi connectivity index (χ0v) is 36.0. The van der Waals surface area contributed by atoms with Crippen molar-refractivity contribution < 1.29 is 25.8 Å². The van der Waals surface area contributed by atoms with Crippen LogP contribution in [0.2, 0.25) is 0 Å². The quantitative estimate of drug-likeness (QED) is 0.161. The summed E-state index contributed by atoms with van der Waals surface area (Å²) >= 11 is 0. The SMILES string of the molecule is CC(C)(C)c1ccnc(-n2c3[c-]c(Oc4[c-]c(N5C=CN(c6ccccc6)[CH-]5)ccc4)ccc3c3c4c(ccc32)-n2c3ccccc3c3cccc(c32)-c2ccccc2-4)c1.[Pt]. The Balaban J connectivity index is 0.00000420. The molecule has 0 saturated carbocycles. The van der Waals surface area contributed by atoms with Gasteiger partial charge in [-0.3, -0.25) is 0 Å². The zero-order valence-electron chi connectivity index (χ0n) is 33.7. The molecular weight excluding hydrogens is 930 g/mol. The molecule has 6 nitrogen and oxygen atoms in total. The standard InChI is InChI=1S/C54H38N5O.Pt/c1-54(2,3)35-27-28-55-50(31-35)58-47-25-26-48-51(42-19-8-7-17-40(42)43-20-12-21-44-41-18-9-10-22-46(41)59(48)53(43)44)52(47)45-24-23-39(33-49(45)58)60-38-16-11-15-37(32-38)57-30-29-56(34-57)36-13-5-4-6-14-36;/h4-31,34H,1-3H3;/q-3;. The molecule has 2 aliphatic rings.